The van der Waals surface area contributed by atoms with Crippen molar-refractivity contribution in [2.24, 2.45) is 0 Å². The van der Waals surface area contributed by atoms with E-state index in [0.29, 0.717) is 28.6 Å². The van der Waals surface area contributed by atoms with Crippen molar-refractivity contribution in [1.29, 1.82) is 0 Å². The zero-order valence-electron chi connectivity index (χ0n) is 19.6. The van der Waals surface area contributed by atoms with Crippen molar-refractivity contribution in [2.45, 2.75) is 33.2 Å². The van der Waals surface area contributed by atoms with Gasteiger partial charge in [0.25, 0.3) is 5.89 Å². The summed E-state index contributed by atoms with van der Waals surface area (Å²) in [5, 5.41) is 11.3. The van der Waals surface area contributed by atoms with E-state index in [9.17, 15) is 9.59 Å². The van der Waals surface area contributed by atoms with E-state index in [1.807, 2.05) is 55.5 Å². The maximum absolute atomic E-state index is 12.9. The van der Waals surface area contributed by atoms with Crippen LogP contribution in [0.2, 0.25) is 0 Å². The number of nitrogens with zero attached hydrogens (tertiary/aromatic N) is 5. The van der Waals surface area contributed by atoms with E-state index in [1.54, 1.807) is 18.3 Å². The van der Waals surface area contributed by atoms with Crippen LogP contribution >= 0.6 is 0 Å². The highest BCUT2D eigenvalue weighted by Gasteiger charge is 2.18. The molecule has 3 heterocycles. The normalized spacial score (nSPS) is 11.3. The molecule has 1 N–H and O–H groups in total. The van der Waals surface area contributed by atoms with Gasteiger partial charge in [0.1, 0.15) is 6.54 Å². The Balaban J connectivity index is 1.40. The van der Waals surface area contributed by atoms with Gasteiger partial charge in [0.05, 0.1) is 5.56 Å². The number of carbonyl (C=O) groups excluding carboxylic acids is 1. The van der Waals surface area contributed by atoms with Gasteiger partial charge in [-0.1, -0.05) is 61.0 Å². The summed E-state index contributed by atoms with van der Waals surface area (Å²) in [4.78, 5) is 30.0. The van der Waals surface area contributed by atoms with Crippen LogP contribution in [0.15, 0.2) is 76.2 Å². The highest BCUT2D eigenvalue weighted by atomic mass is 16.5. The van der Waals surface area contributed by atoms with Gasteiger partial charge >= 0.3 is 5.69 Å². The average molecular weight is 469 g/mol. The fourth-order valence-corrected chi connectivity index (χ4v) is 3.75. The second kappa shape index (κ2) is 9.02. The van der Waals surface area contributed by atoms with E-state index in [1.165, 1.54) is 9.96 Å². The number of nitrogens with one attached hydrogen (secondary N) is 1. The van der Waals surface area contributed by atoms with Crippen molar-refractivity contribution in [3.8, 4) is 22.8 Å². The molecule has 0 aliphatic carbocycles. The van der Waals surface area contributed by atoms with E-state index in [0.717, 1.165) is 15.8 Å². The van der Waals surface area contributed by atoms with Crippen LogP contribution in [-0.2, 0) is 11.3 Å². The zero-order chi connectivity index (χ0) is 24.5. The minimum atomic E-state index is -0.439. The molecule has 1 amide bonds. The van der Waals surface area contributed by atoms with Gasteiger partial charge in [-0.2, -0.15) is 4.98 Å². The molecule has 0 saturated carbocycles. The molecule has 0 aliphatic heterocycles. The molecule has 0 unspecified atom stereocenters. The van der Waals surface area contributed by atoms with Crippen LogP contribution in [0.5, 0.6) is 0 Å². The topological polar surface area (TPSA) is 107 Å². The number of pyridine rings is 1. The summed E-state index contributed by atoms with van der Waals surface area (Å²) < 4.78 is 7.95. The fraction of sp³-hybridized carbons (Fsp3) is 0.192. The standard InChI is InChI=1S/C26H24N6O3/c1-16(2)18-10-12-20(13-11-18)27-22(33)15-32-26(34)31-14-4-5-21(24(31)29-32)25-28-23(30-35-25)19-8-6-17(3)7-9-19/h4-14,16H,15H2,1-3H3,(H,27,33). The van der Waals surface area contributed by atoms with Gasteiger partial charge in [-0.05, 0) is 42.7 Å². The number of rotatable bonds is 6. The quantitative estimate of drug-likeness (QED) is 0.399. The van der Waals surface area contributed by atoms with Gasteiger partial charge in [-0.25, -0.2) is 13.9 Å². The Morgan fingerprint density at radius 1 is 1.06 bits per heavy atom. The first-order chi connectivity index (χ1) is 16.9. The molecule has 5 rings (SSSR count). The number of hydrogen-bond donors (Lipinski definition) is 1. The number of carbonyl (C=O) groups is 1. The lowest BCUT2D eigenvalue weighted by atomic mass is 10.0. The minimum Gasteiger partial charge on any atom is -0.333 e. The smallest absolute Gasteiger partial charge is 0.333 e. The van der Waals surface area contributed by atoms with Gasteiger partial charge in [0.2, 0.25) is 11.7 Å². The first kappa shape index (κ1) is 22.3. The molecule has 0 atom stereocenters. The molecule has 0 radical (unpaired) electrons. The SMILES string of the molecule is Cc1ccc(-c2noc(-c3cccn4c(=O)n(CC(=O)Nc5ccc(C(C)C)cc5)nc34)n2)cc1. The molecule has 0 aliphatic rings. The van der Waals surface area contributed by atoms with Crippen molar-refractivity contribution in [1.82, 2.24) is 24.3 Å². The zero-order valence-corrected chi connectivity index (χ0v) is 19.6. The molecule has 0 fully saturated rings. The Morgan fingerprint density at radius 3 is 2.51 bits per heavy atom. The van der Waals surface area contributed by atoms with Crippen molar-refractivity contribution in [3.05, 3.63) is 88.5 Å². The molecule has 176 valence electrons. The summed E-state index contributed by atoms with van der Waals surface area (Å²) in [6.45, 7) is 5.98. The van der Waals surface area contributed by atoms with E-state index in [2.05, 4.69) is 34.4 Å². The highest BCUT2D eigenvalue weighted by Crippen LogP contribution is 2.24. The monoisotopic (exact) mass is 468 g/mol. The Morgan fingerprint density at radius 2 is 1.80 bits per heavy atom. The number of aryl methyl sites for hydroxylation is 1. The number of fused-ring (bicyclic) bond motifs is 1. The summed E-state index contributed by atoms with van der Waals surface area (Å²) in [5.74, 6) is 0.718. The Bertz CT molecular complexity index is 1560. The molecular formula is C26H24N6O3. The fourth-order valence-electron chi connectivity index (χ4n) is 3.75. The third-order valence-corrected chi connectivity index (χ3v) is 5.73. The van der Waals surface area contributed by atoms with Crippen LogP contribution in [0.3, 0.4) is 0 Å². The first-order valence-electron chi connectivity index (χ1n) is 11.3. The van der Waals surface area contributed by atoms with Gasteiger partial charge in [0, 0.05) is 17.4 Å². The van der Waals surface area contributed by atoms with Crippen LogP contribution in [0, 0.1) is 6.92 Å². The highest BCUT2D eigenvalue weighted by molar-refractivity contribution is 5.90. The number of hydrogen-bond acceptors (Lipinski definition) is 6. The second-order valence-corrected chi connectivity index (χ2v) is 8.67. The van der Waals surface area contributed by atoms with Crippen LogP contribution < -0.4 is 11.0 Å². The molecule has 9 nitrogen and oxygen atoms in total. The summed E-state index contributed by atoms with van der Waals surface area (Å²) in [6, 6.07) is 18.8. The third kappa shape index (κ3) is 4.48. The van der Waals surface area contributed by atoms with Crippen molar-refractivity contribution >= 4 is 17.2 Å². The molecular weight excluding hydrogens is 444 g/mol. The molecule has 5 aromatic rings. The van der Waals surface area contributed by atoms with Crippen LogP contribution in [0.25, 0.3) is 28.5 Å². The van der Waals surface area contributed by atoms with Gasteiger partial charge < -0.3 is 9.84 Å². The van der Waals surface area contributed by atoms with Gasteiger partial charge in [-0.3, -0.25) is 4.79 Å². The number of aromatic nitrogens is 5. The number of anilines is 1. The summed E-state index contributed by atoms with van der Waals surface area (Å²) in [5.41, 5.74) is 4.17. The molecule has 3 aromatic heterocycles. The predicted octanol–water partition coefficient (Wildman–Crippen LogP) is 4.28. The Labute approximate surface area is 201 Å². The van der Waals surface area contributed by atoms with Crippen molar-refractivity contribution in [2.75, 3.05) is 5.32 Å². The minimum absolute atomic E-state index is 0.232. The van der Waals surface area contributed by atoms with E-state index >= 15 is 0 Å². The lowest BCUT2D eigenvalue weighted by Gasteiger charge is -2.08. The molecule has 2 aromatic carbocycles. The Kier molecular flexibility index (Phi) is 5.74. The molecule has 9 heteroatoms. The van der Waals surface area contributed by atoms with Crippen molar-refractivity contribution < 1.29 is 9.32 Å². The largest absolute Gasteiger partial charge is 0.350 e. The van der Waals surface area contributed by atoms with E-state index in [4.69, 9.17) is 4.52 Å². The Hall–Kier alpha value is -4.53. The molecule has 0 spiro atoms. The van der Waals surface area contributed by atoms with Crippen LogP contribution in [-0.4, -0.2) is 30.2 Å². The molecule has 35 heavy (non-hydrogen) atoms. The summed E-state index contributed by atoms with van der Waals surface area (Å²) in [7, 11) is 0. The maximum atomic E-state index is 12.9. The lowest BCUT2D eigenvalue weighted by Crippen LogP contribution is -2.28. The van der Waals surface area contributed by atoms with Crippen LogP contribution in [0.4, 0.5) is 5.69 Å². The van der Waals surface area contributed by atoms with Gasteiger partial charge in [-0.15, -0.1) is 5.10 Å². The summed E-state index contributed by atoms with van der Waals surface area (Å²) in [6.07, 6.45) is 1.59. The molecule has 0 bridgehead atoms. The number of benzene rings is 2. The predicted molar refractivity (Wildman–Crippen MR) is 132 cm³/mol. The number of amides is 1. The lowest BCUT2D eigenvalue weighted by molar-refractivity contribution is -0.117. The van der Waals surface area contributed by atoms with E-state index in [-0.39, 0.29) is 18.3 Å². The third-order valence-electron chi connectivity index (χ3n) is 5.73. The van der Waals surface area contributed by atoms with Crippen molar-refractivity contribution in [3.63, 3.8) is 0 Å². The van der Waals surface area contributed by atoms with E-state index < -0.39 is 5.69 Å². The van der Waals surface area contributed by atoms with Gasteiger partial charge in [0.15, 0.2) is 5.65 Å². The molecule has 0 saturated heterocycles. The first-order valence-corrected chi connectivity index (χ1v) is 11.3. The van der Waals surface area contributed by atoms with Crippen LogP contribution in [0.1, 0.15) is 30.9 Å². The average Bonchev–Trinajstić information content (AvgIpc) is 3.45. The maximum Gasteiger partial charge on any atom is 0.350 e. The summed E-state index contributed by atoms with van der Waals surface area (Å²) >= 11 is 0. The second-order valence-electron chi connectivity index (χ2n) is 8.67.